The topological polar surface area (TPSA) is 88.2 Å². The largest absolute Gasteiger partial charge is 0.493 e. The average Bonchev–Trinajstić information content (AvgIpc) is 2.88. The van der Waals surface area contributed by atoms with Crippen LogP contribution in [0.2, 0.25) is 5.02 Å². The fourth-order valence-electron chi connectivity index (χ4n) is 3.42. The molecule has 1 N–H and O–H groups in total. The third-order valence-electron chi connectivity index (χ3n) is 5.39. The number of rotatable bonds is 11. The Balaban J connectivity index is 1.83. The Hall–Kier alpha value is -3.50. The highest BCUT2D eigenvalue weighted by atomic mass is 35.5. The van der Waals surface area contributed by atoms with E-state index in [-0.39, 0.29) is 27.9 Å². The van der Waals surface area contributed by atoms with Gasteiger partial charge in [0.25, 0.3) is 10.0 Å². The molecular formula is C25H27ClFN3O5S. The summed E-state index contributed by atoms with van der Waals surface area (Å²) in [4.78, 5) is 14.6. The zero-order chi connectivity index (χ0) is 26.3. The number of hydrogen-bond acceptors (Lipinski definition) is 6. The molecule has 11 heteroatoms. The van der Waals surface area contributed by atoms with E-state index >= 15 is 0 Å². The van der Waals surface area contributed by atoms with Crippen molar-refractivity contribution >= 4 is 38.9 Å². The lowest BCUT2D eigenvalue weighted by Gasteiger charge is -2.25. The third-order valence-corrected chi connectivity index (χ3v) is 7.45. The van der Waals surface area contributed by atoms with Gasteiger partial charge < -0.3 is 19.7 Å². The van der Waals surface area contributed by atoms with Gasteiger partial charge in [-0.3, -0.25) is 9.10 Å². The summed E-state index contributed by atoms with van der Waals surface area (Å²) in [6, 6.07) is 17.1. The Morgan fingerprint density at radius 1 is 0.972 bits per heavy atom. The lowest BCUT2D eigenvalue weighted by atomic mass is 10.3. The second-order valence-electron chi connectivity index (χ2n) is 7.73. The predicted octanol–water partition coefficient (Wildman–Crippen LogP) is 3.94. The molecule has 1 amide bonds. The molecule has 0 aliphatic carbocycles. The number of sulfonamides is 1. The zero-order valence-corrected chi connectivity index (χ0v) is 21.6. The molecule has 0 unspecified atom stereocenters. The molecule has 0 aliphatic heterocycles. The maximum Gasteiger partial charge on any atom is 0.264 e. The van der Waals surface area contributed by atoms with Gasteiger partial charge in [-0.15, -0.1) is 0 Å². The van der Waals surface area contributed by atoms with Gasteiger partial charge in [0.15, 0.2) is 11.5 Å². The van der Waals surface area contributed by atoms with E-state index in [2.05, 4.69) is 5.32 Å². The number of benzene rings is 3. The quantitative estimate of drug-likeness (QED) is 0.400. The summed E-state index contributed by atoms with van der Waals surface area (Å²) in [5.74, 6) is -0.713. The smallest absolute Gasteiger partial charge is 0.264 e. The van der Waals surface area contributed by atoms with E-state index in [1.807, 2.05) is 42.3 Å². The van der Waals surface area contributed by atoms with E-state index in [0.29, 0.717) is 12.3 Å². The Morgan fingerprint density at radius 2 is 1.67 bits per heavy atom. The van der Waals surface area contributed by atoms with Crippen LogP contribution in [-0.4, -0.2) is 55.2 Å². The van der Waals surface area contributed by atoms with Crippen molar-refractivity contribution in [3.05, 3.63) is 77.6 Å². The molecule has 0 heterocycles. The van der Waals surface area contributed by atoms with Crippen LogP contribution in [-0.2, 0) is 14.8 Å². The Bertz CT molecular complexity index is 1310. The maximum atomic E-state index is 13.8. The zero-order valence-electron chi connectivity index (χ0n) is 20.1. The monoisotopic (exact) mass is 535 g/mol. The minimum atomic E-state index is -4.28. The highest BCUT2D eigenvalue weighted by Crippen LogP contribution is 2.33. The maximum absolute atomic E-state index is 13.8. The average molecular weight is 536 g/mol. The Morgan fingerprint density at radius 3 is 2.31 bits per heavy atom. The molecule has 3 rings (SSSR count). The number of ether oxygens (including phenoxy) is 2. The molecule has 0 aliphatic rings. The molecule has 0 radical (unpaired) electrons. The van der Waals surface area contributed by atoms with Gasteiger partial charge in [-0.1, -0.05) is 29.8 Å². The number of nitrogens with one attached hydrogen (secondary N) is 1. The fourth-order valence-corrected chi connectivity index (χ4v) is 5.02. The molecule has 3 aromatic rings. The summed E-state index contributed by atoms with van der Waals surface area (Å²) in [6.07, 6.45) is 0. The van der Waals surface area contributed by atoms with Crippen LogP contribution in [0, 0.1) is 5.82 Å². The van der Waals surface area contributed by atoms with Crippen molar-refractivity contribution in [3.63, 3.8) is 0 Å². The second kappa shape index (κ2) is 12.0. The van der Waals surface area contributed by atoms with Crippen molar-refractivity contribution < 1.29 is 27.1 Å². The molecule has 0 bridgehead atoms. The van der Waals surface area contributed by atoms with Gasteiger partial charge in [0, 0.05) is 31.9 Å². The predicted molar refractivity (Wildman–Crippen MR) is 138 cm³/mol. The van der Waals surface area contributed by atoms with Crippen molar-refractivity contribution in [2.75, 3.05) is 50.1 Å². The van der Waals surface area contributed by atoms with Gasteiger partial charge in [-0.05, 0) is 42.5 Å². The second-order valence-corrected chi connectivity index (χ2v) is 10.0. The van der Waals surface area contributed by atoms with Crippen LogP contribution in [0.1, 0.15) is 0 Å². The fraction of sp³-hybridized carbons (Fsp3) is 0.240. The normalized spacial score (nSPS) is 11.0. The van der Waals surface area contributed by atoms with Crippen LogP contribution < -0.4 is 24.0 Å². The summed E-state index contributed by atoms with van der Waals surface area (Å²) in [5, 5.41) is 2.46. The first-order valence-electron chi connectivity index (χ1n) is 10.9. The highest BCUT2D eigenvalue weighted by Gasteiger charge is 2.29. The van der Waals surface area contributed by atoms with Crippen LogP contribution in [0.5, 0.6) is 11.5 Å². The number of methoxy groups -OCH3 is 2. The number of para-hydroxylation sites is 1. The van der Waals surface area contributed by atoms with Crippen LogP contribution in [0.4, 0.5) is 15.8 Å². The van der Waals surface area contributed by atoms with Crippen LogP contribution in [0.25, 0.3) is 0 Å². The number of hydrogen-bond donors (Lipinski definition) is 1. The molecule has 3 aromatic carbocycles. The molecule has 36 heavy (non-hydrogen) atoms. The van der Waals surface area contributed by atoms with Gasteiger partial charge in [-0.25, -0.2) is 12.8 Å². The number of nitrogens with zero attached hydrogens (tertiary/aromatic N) is 2. The first-order valence-corrected chi connectivity index (χ1v) is 12.7. The molecule has 0 atom stereocenters. The molecule has 0 fully saturated rings. The van der Waals surface area contributed by atoms with Crippen LogP contribution in [0.15, 0.2) is 71.6 Å². The number of carbonyl (C=O) groups excluding carboxylic acids is 1. The summed E-state index contributed by atoms with van der Waals surface area (Å²) < 4.78 is 52.3. The minimum absolute atomic E-state index is 0.0349. The molecule has 0 aromatic heterocycles. The first-order chi connectivity index (χ1) is 17.2. The summed E-state index contributed by atoms with van der Waals surface area (Å²) >= 11 is 5.92. The molecule has 0 saturated carbocycles. The Labute approximate surface area is 215 Å². The van der Waals surface area contributed by atoms with E-state index in [1.165, 1.54) is 38.5 Å². The number of anilines is 2. The van der Waals surface area contributed by atoms with Crippen molar-refractivity contribution in [2.24, 2.45) is 0 Å². The number of likely N-dealkylation sites (N-methyl/N-ethyl adjacent to an activating group) is 1. The van der Waals surface area contributed by atoms with Gasteiger partial charge in [0.1, 0.15) is 12.4 Å². The van der Waals surface area contributed by atoms with E-state index < -0.39 is 28.3 Å². The number of carbonyl (C=O) groups is 1. The molecule has 192 valence electrons. The van der Waals surface area contributed by atoms with Crippen molar-refractivity contribution in [1.82, 2.24) is 5.32 Å². The van der Waals surface area contributed by atoms with Gasteiger partial charge >= 0.3 is 0 Å². The van der Waals surface area contributed by atoms with Crippen LogP contribution in [0.3, 0.4) is 0 Å². The molecule has 0 saturated heterocycles. The van der Waals surface area contributed by atoms with Gasteiger partial charge in [0.05, 0.1) is 29.8 Å². The van der Waals surface area contributed by atoms with E-state index in [1.54, 1.807) is 0 Å². The van der Waals surface area contributed by atoms with Crippen LogP contribution >= 0.6 is 11.6 Å². The third kappa shape index (κ3) is 6.38. The number of halogens is 2. The van der Waals surface area contributed by atoms with Crippen molar-refractivity contribution in [1.29, 1.82) is 0 Å². The number of amides is 1. The summed E-state index contributed by atoms with van der Waals surface area (Å²) in [5.41, 5.74) is 1.01. The lowest BCUT2D eigenvalue weighted by Crippen LogP contribution is -2.42. The van der Waals surface area contributed by atoms with Crippen molar-refractivity contribution in [3.8, 4) is 11.5 Å². The van der Waals surface area contributed by atoms with E-state index in [4.69, 9.17) is 21.1 Å². The van der Waals surface area contributed by atoms with Gasteiger partial charge in [0.2, 0.25) is 5.91 Å². The standard InChI is InChI=1S/C25H27ClFN3O5S/c1-29(18-7-5-4-6-8-18)14-13-28-25(31)17-30(19-9-11-22(27)21(26)15-19)36(32,33)20-10-12-23(34-2)24(16-20)35-3/h4-12,15-16H,13-14,17H2,1-3H3,(H,28,31). The SMILES string of the molecule is COc1ccc(S(=O)(=O)N(CC(=O)NCCN(C)c2ccccc2)c2ccc(F)c(Cl)c2)cc1OC. The lowest BCUT2D eigenvalue weighted by molar-refractivity contribution is -0.119. The summed E-state index contributed by atoms with van der Waals surface area (Å²) in [6.45, 7) is 0.229. The van der Waals surface area contributed by atoms with Crippen molar-refractivity contribution in [2.45, 2.75) is 4.90 Å². The molecular weight excluding hydrogens is 509 g/mol. The molecule has 8 nitrogen and oxygen atoms in total. The molecule has 0 spiro atoms. The minimum Gasteiger partial charge on any atom is -0.493 e. The Kier molecular flexibility index (Phi) is 9.00. The van der Waals surface area contributed by atoms with Gasteiger partial charge in [-0.2, -0.15) is 0 Å². The first kappa shape index (κ1) is 27.1. The van der Waals surface area contributed by atoms with E-state index in [9.17, 15) is 17.6 Å². The highest BCUT2D eigenvalue weighted by molar-refractivity contribution is 7.92. The summed E-state index contributed by atoms with van der Waals surface area (Å²) in [7, 11) is 0.419. The van der Waals surface area contributed by atoms with E-state index in [0.717, 1.165) is 22.1 Å².